The molecule has 2 rings (SSSR count). The van der Waals surface area contributed by atoms with Crippen LogP contribution in [0, 0.1) is 0 Å². The van der Waals surface area contributed by atoms with Crippen molar-refractivity contribution in [1.82, 2.24) is 15.5 Å². The minimum atomic E-state index is 0.280. The molecule has 0 aromatic heterocycles. The van der Waals surface area contributed by atoms with Crippen molar-refractivity contribution in [2.45, 2.75) is 39.2 Å². The van der Waals surface area contributed by atoms with Crippen molar-refractivity contribution in [3.8, 4) is 5.75 Å². The zero-order valence-corrected chi connectivity index (χ0v) is 17.2. The van der Waals surface area contributed by atoms with E-state index >= 15 is 0 Å². The summed E-state index contributed by atoms with van der Waals surface area (Å²) in [5, 5.41) is 6.74. The van der Waals surface area contributed by atoms with Crippen LogP contribution in [0.2, 0.25) is 0 Å². The Morgan fingerprint density at radius 2 is 1.93 bits per heavy atom. The van der Waals surface area contributed by atoms with E-state index in [1.165, 1.54) is 0 Å². The smallest absolute Gasteiger partial charge is 0.222 e. The summed E-state index contributed by atoms with van der Waals surface area (Å²) in [6.45, 7) is 7.37. The Labute approximate surface area is 168 Å². The predicted molar refractivity (Wildman–Crippen MR) is 112 cm³/mol. The molecule has 1 saturated heterocycles. The third-order valence-corrected chi connectivity index (χ3v) is 4.61. The molecule has 1 aromatic carbocycles. The van der Waals surface area contributed by atoms with Crippen LogP contribution in [0.5, 0.6) is 5.75 Å². The normalized spacial score (nSPS) is 14.4. The maximum absolute atomic E-state index is 11.7. The number of amides is 1. The summed E-state index contributed by atoms with van der Waals surface area (Å²) in [7, 11) is 1.66. The van der Waals surface area contributed by atoms with Gasteiger partial charge in [0.2, 0.25) is 5.91 Å². The summed E-state index contributed by atoms with van der Waals surface area (Å²) in [5.74, 6) is 1.92. The van der Waals surface area contributed by atoms with Crippen molar-refractivity contribution in [2.75, 3.05) is 46.5 Å². The van der Waals surface area contributed by atoms with Crippen molar-refractivity contribution >= 4 is 11.9 Å². The number of carbonyl (C=O) groups is 1. The maximum atomic E-state index is 11.7. The van der Waals surface area contributed by atoms with Gasteiger partial charge >= 0.3 is 0 Å². The number of nitrogens with one attached hydrogen (secondary N) is 2. The first kappa shape index (κ1) is 22.0. The van der Waals surface area contributed by atoms with E-state index in [1.807, 2.05) is 36.1 Å². The highest BCUT2D eigenvalue weighted by Crippen LogP contribution is 2.12. The van der Waals surface area contributed by atoms with Gasteiger partial charge in [0.25, 0.3) is 0 Å². The highest BCUT2D eigenvalue weighted by Gasteiger charge is 2.18. The van der Waals surface area contributed by atoms with E-state index in [2.05, 4.69) is 15.6 Å². The van der Waals surface area contributed by atoms with Gasteiger partial charge in [0.05, 0.1) is 13.7 Å². The summed E-state index contributed by atoms with van der Waals surface area (Å²) >= 11 is 0. The number of nitrogens with zero attached hydrogens (tertiary/aromatic N) is 2. The number of rotatable bonds is 12. The van der Waals surface area contributed by atoms with Gasteiger partial charge < -0.3 is 25.0 Å². The van der Waals surface area contributed by atoms with Crippen LogP contribution in [0.3, 0.4) is 0 Å². The van der Waals surface area contributed by atoms with Crippen LogP contribution in [0.1, 0.15) is 38.2 Å². The van der Waals surface area contributed by atoms with E-state index in [0.717, 1.165) is 75.9 Å². The first-order valence-electron chi connectivity index (χ1n) is 10.2. The van der Waals surface area contributed by atoms with Crippen molar-refractivity contribution < 1.29 is 14.3 Å². The fourth-order valence-electron chi connectivity index (χ4n) is 3.02. The molecule has 1 aliphatic heterocycles. The molecule has 0 spiro atoms. The van der Waals surface area contributed by atoms with Crippen LogP contribution in [0.25, 0.3) is 0 Å². The predicted octanol–water partition coefficient (Wildman–Crippen LogP) is 2.17. The lowest BCUT2D eigenvalue weighted by atomic mass is 10.2. The molecule has 2 N–H and O–H groups in total. The average Bonchev–Trinajstić information content (AvgIpc) is 3.13. The number of hydrogen-bond acceptors (Lipinski definition) is 4. The minimum Gasteiger partial charge on any atom is -0.497 e. The molecule has 0 bridgehead atoms. The van der Waals surface area contributed by atoms with Crippen molar-refractivity contribution in [2.24, 2.45) is 4.99 Å². The van der Waals surface area contributed by atoms with E-state index < -0.39 is 0 Å². The second-order valence-corrected chi connectivity index (χ2v) is 6.75. The molecule has 0 aliphatic carbocycles. The molecule has 0 atom stereocenters. The summed E-state index contributed by atoms with van der Waals surface area (Å²) in [6, 6.07) is 7.93. The van der Waals surface area contributed by atoms with Gasteiger partial charge in [0.1, 0.15) is 5.75 Å². The molecule has 0 saturated carbocycles. The number of methoxy groups -OCH3 is 1. The van der Waals surface area contributed by atoms with E-state index in [4.69, 9.17) is 9.47 Å². The van der Waals surface area contributed by atoms with E-state index in [9.17, 15) is 4.79 Å². The average molecular weight is 391 g/mol. The number of likely N-dealkylation sites (tertiary alicyclic amines) is 1. The summed E-state index contributed by atoms with van der Waals surface area (Å²) < 4.78 is 10.6. The molecule has 1 fully saturated rings. The third-order valence-electron chi connectivity index (χ3n) is 4.61. The zero-order chi connectivity index (χ0) is 20.0. The Kier molecular flexibility index (Phi) is 10.2. The molecule has 0 unspecified atom stereocenters. The van der Waals surface area contributed by atoms with Crippen molar-refractivity contribution in [1.29, 1.82) is 0 Å². The summed E-state index contributed by atoms with van der Waals surface area (Å²) in [6.07, 6.45) is 3.53. The Hall–Kier alpha value is -2.28. The molecule has 0 radical (unpaired) electrons. The van der Waals surface area contributed by atoms with Gasteiger partial charge in [-0.3, -0.25) is 4.79 Å². The van der Waals surface area contributed by atoms with E-state index in [0.29, 0.717) is 13.0 Å². The molecule has 156 valence electrons. The molecule has 1 heterocycles. The molecular formula is C21H34N4O3. The highest BCUT2D eigenvalue weighted by molar-refractivity contribution is 5.80. The van der Waals surface area contributed by atoms with Crippen LogP contribution in [0.4, 0.5) is 0 Å². The molecule has 7 heteroatoms. The van der Waals surface area contributed by atoms with Gasteiger partial charge in [-0.15, -0.1) is 0 Å². The fraction of sp³-hybridized carbons (Fsp3) is 0.619. The highest BCUT2D eigenvalue weighted by atomic mass is 16.5. The van der Waals surface area contributed by atoms with Crippen LogP contribution < -0.4 is 15.4 Å². The molecule has 1 amide bonds. The summed E-state index contributed by atoms with van der Waals surface area (Å²) in [5.41, 5.74) is 1.12. The molecular weight excluding hydrogens is 356 g/mol. The number of aliphatic imine (C=N–C) groups is 1. The lowest BCUT2D eigenvalue weighted by Gasteiger charge is -2.17. The van der Waals surface area contributed by atoms with Crippen LogP contribution in [0.15, 0.2) is 29.3 Å². The van der Waals surface area contributed by atoms with Crippen molar-refractivity contribution in [3.05, 3.63) is 29.8 Å². The number of carbonyl (C=O) groups excluding carboxylic acids is 1. The monoisotopic (exact) mass is 390 g/mol. The SMILES string of the molecule is CCOCCCNC(=NCc1ccc(OC)cc1)NCCCN1CCCC1=O. The fourth-order valence-corrected chi connectivity index (χ4v) is 3.02. The first-order chi connectivity index (χ1) is 13.7. The Balaban J connectivity index is 1.79. The lowest BCUT2D eigenvalue weighted by Crippen LogP contribution is -2.39. The zero-order valence-electron chi connectivity index (χ0n) is 17.2. The number of ether oxygens (including phenoxy) is 2. The second-order valence-electron chi connectivity index (χ2n) is 6.75. The van der Waals surface area contributed by atoms with Crippen molar-refractivity contribution in [3.63, 3.8) is 0 Å². The number of benzene rings is 1. The lowest BCUT2D eigenvalue weighted by molar-refractivity contribution is -0.127. The second kappa shape index (κ2) is 13.0. The van der Waals surface area contributed by atoms with Gasteiger partial charge in [-0.1, -0.05) is 12.1 Å². The Morgan fingerprint density at radius 3 is 2.57 bits per heavy atom. The van der Waals surface area contributed by atoms with Gasteiger partial charge in [-0.25, -0.2) is 4.99 Å². The minimum absolute atomic E-state index is 0.280. The standard InChI is InChI=1S/C21H34N4O3/c1-3-28-16-6-13-23-21(22-12-5-15-25-14-4-7-20(25)26)24-17-18-8-10-19(27-2)11-9-18/h8-11H,3-7,12-17H2,1-2H3,(H2,22,23,24). The quantitative estimate of drug-likeness (QED) is 0.325. The molecule has 28 heavy (non-hydrogen) atoms. The Morgan fingerprint density at radius 1 is 1.18 bits per heavy atom. The van der Waals surface area contributed by atoms with E-state index in [-0.39, 0.29) is 5.91 Å². The van der Waals surface area contributed by atoms with Gasteiger partial charge in [0.15, 0.2) is 5.96 Å². The first-order valence-corrected chi connectivity index (χ1v) is 10.2. The van der Waals surface area contributed by atoms with Crippen LogP contribution in [-0.4, -0.2) is 63.3 Å². The van der Waals surface area contributed by atoms with Crippen LogP contribution in [-0.2, 0) is 16.1 Å². The van der Waals surface area contributed by atoms with Gasteiger partial charge in [-0.2, -0.15) is 0 Å². The van der Waals surface area contributed by atoms with Crippen LogP contribution >= 0.6 is 0 Å². The van der Waals surface area contributed by atoms with Gasteiger partial charge in [-0.05, 0) is 43.9 Å². The maximum Gasteiger partial charge on any atom is 0.222 e. The summed E-state index contributed by atoms with van der Waals surface area (Å²) in [4.78, 5) is 18.3. The Bertz CT molecular complexity index is 604. The molecule has 7 nitrogen and oxygen atoms in total. The topological polar surface area (TPSA) is 75.2 Å². The molecule has 1 aromatic rings. The largest absolute Gasteiger partial charge is 0.497 e. The molecule has 1 aliphatic rings. The van der Waals surface area contributed by atoms with Gasteiger partial charge in [0, 0.05) is 45.8 Å². The number of guanidine groups is 1. The third kappa shape index (κ3) is 8.17. The van der Waals surface area contributed by atoms with E-state index in [1.54, 1.807) is 7.11 Å². The number of hydrogen-bond donors (Lipinski definition) is 2.